The first-order chi connectivity index (χ1) is 10.9. The monoisotopic (exact) mass is 314 g/mol. The Labute approximate surface area is 137 Å². The van der Waals surface area contributed by atoms with E-state index in [2.05, 4.69) is 44.9 Å². The molecule has 0 bridgehead atoms. The fourth-order valence-electron chi connectivity index (χ4n) is 2.49. The van der Waals surface area contributed by atoms with Gasteiger partial charge in [-0.15, -0.1) is 0 Å². The third-order valence-corrected chi connectivity index (χ3v) is 3.95. The molecule has 0 aromatic rings. The molecule has 6 nitrogen and oxygen atoms in total. The molecule has 4 N–H and O–H groups in total. The van der Waals surface area contributed by atoms with Crippen LogP contribution in [0.25, 0.3) is 0 Å². The van der Waals surface area contributed by atoms with Gasteiger partial charge in [0.1, 0.15) is 0 Å². The Bertz CT molecular complexity index is 199. The molecule has 0 aromatic heterocycles. The zero-order valence-corrected chi connectivity index (χ0v) is 14.8. The molecular weight excluding hydrogens is 276 g/mol. The lowest BCUT2D eigenvalue weighted by Gasteiger charge is -2.26. The van der Waals surface area contributed by atoms with E-state index in [9.17, 15) is 0 Å². The number of nitrogens with one attached hydrogen (secondary N) is 4. The Hall–Kier alpha value is -0.240. The minimum atomic E-state index is 0.974. The molecule has 1 aliphatic rings. The zero-order valence-electron chi connectivity index (χ0n) is 14.8. The van der Waals surface area contributed by atoms with Gasteiger partial charge in [-0.3, -0.25) is 9.80 Å². The first-order valence-electron chi connectivity index (χ1n) is 9.14. The zero-order chi connectivity index (χ0) is 15.9. The lowest BCUT2D eigenvalue weighted by molar-refractivity contribution is 0.211. The minimum Gasteiger partial charge on any atom is -0.303 e. The van der Waals surface area contributed by atoms with E-state index in [-0.39, 0.29) is 0 Å². The summed E-state index contributed by atoms with van der Waals surface area (Å²) in [5.74, 6) is 0. The molecule has 0 atom stereocenters. The largest absolute Gasteiger partial charge is 0.303 e. The van der Waals surface area contributed by atoms with Gasteiger partial charge in [-0.25, -0.2) is 0 Å². The third-order valence-electron chi connectivity index (χ3n) is 3.95. The minimum absolute atomic E-state index is 0.974. The van der Waals surface area contributed by atoms with Crippen LogP contribution in [0.15, 0.2) is 0 Å². The van der Waals surface area contributed by atoms with Crippen molar-refractivity contribution in [2.75, 3.05) is 65.9 Å². The molecule has 0 radical (unpaired) electrons. The van der Waals surface area contributed by atoms with Crippen LogP contribution in [0.2, 0.25) is 0 Å². The Morgan fingerprint density at radius 2 is 0.909 bits per heavy atom. The van der Waals surface area contributed by atoms with Gasteiger partial charge >= 0.3 is 0 Å². The molecule has 22 heavy (non-hydrogen) atoms. The summed E-state index contributed by atoms with van der Waals surface area (Å²) in [6, 6.07) is 0. The topological polar surface area (TPSA) is 54.6 Å². The van der Waals surface area contributed by atoms with Crippen LogP contribution in [0.1, 0.15) is 39.5 Å². The van der Waals surface area contributed by atoms with Crippen molar-refractivity contribution in [3.63, 3.8) is 0 Å². The second kappa shape index (κ2) is 14.4. The molecule has 0 aromatic carbocycles. The van der Waals surface area contributed by atoms with E-state index in [1.807, 2.05) is 0 Å². The molecule has 0 unspecified atom stereocenters. The fraction of sp³-hybridized carbons (Fsp3) is 1.00. The molecule has 132 valence electrons. The van der Waals surface area contributed by atoms with Crippen LogP contribution in [0.4, 0.5) is 0 Å². The maximum absolute atomic E-state index is 3.55. The van der Waals surface area contributed by atoms with Crippen LogP contribution in [-0.2, 0) is 0 Å². The van der Waals surface area contributed by atoms with Gasteiger partial charge in [0.25, 0.3) is 0 Å². The van der Waals surface area contributed by atoms with E-state index in [0.29, 0.717) is 0 Å². The standard InChI is InChI=1S/C16H38N6/c1-3-5-11-21-13-17-7-9-19-15-22(12-6-4-2)16-20-10-8-18-14-21/h17-20H,3-16H2,1-2H3. The average molecular weight is 315 g/mol. The Kier molecular flexibility index (Phi) is 12.9. The van der Waals surface area contributed by atoms with Crippen LogP contribution in [0.5, 0.6) is 0 Å². The summed E-state index contributed by atoms with van der Waals surface area (Å²) >= 11 is 0. The number of hydrogen-bond acceptors (Lipinski definition) is 6. The van der Waals surface area contributed by atoms with Crippen molar-refractivity contribution in [3.05, 3.63) is 0 Å². The van der Waals surface area contributed by atoms with Gasteiger partial charge < -0.3 is 21.3 Å². The normalized spacial score (nSPS) is 21.5. The van der Waals surface area contributed by atoms with Crippen molar-refractivity contribution in [1.29, 1.82) is 0 Å². The van der Waals surface area contributed by atoms with Gasteiger partial charge in [-0.05, 0) is 12.8 Å². The quantitative estimate of drug-likeness (QED) is 0.569. The molecule has 0 spiro atoms. The lowest BCUT2D eigenvalue weighted by atomic mass is 10.3. The van der Waals surface area contributed by atoms with Crippen LogP contribution >= 0.6 is 0 Å². The Balaban J connectivity index is 2.29. The van der Waals surface area contributed by atoms with Crippen molar-refractivity contribution >= 4 is 0 Å². The molecule has 1 rings (SSSR count). The molecule has 1 heterocycles. The molecule has 0 aliphatic carbocycles. The summed E-state index contributed by atoms with van der Waals surface area (Å²) < 4.78 is 0. The number of nitrogens with zero attached hydrogens (tertiary/aromatic N) is 2. The predicted molar refractivity (Wildman–Crippen MR) is 94.7 cm³/mol. The summed E-state index contributed by atoms with van der Waals surface area (Å²) in [5, 5.41) is 14.2. The van der Waals surface area contributed by atoms with Crippen molar-refractivity contribution in [2.45, 2.75) is 39.5 Å². The highest BCUT2D eigenvalue weighted by Crippen LogP contribution is 1.93. The van der Waals surface area contributed by atoms with Gasteiger partial charge in [-0.1, -0.05) is 26.7 Å². The second-order valence-electron chi connectivity index (χ2n) is 6.13. The van der Waals surface area contributed by atoms with E-state index in [1.54, 1.807) is 0 Å². The second-order valence-corrected chi connectivity index (χ2v) is 6.13. The highest BCUT2D eigenvalue weighted by Gasteiger charge is 2.06. The third kappa shape index (κ3) is 10.5. The maximum Gasteiger partial charge on any atom is 0.0492 e. The molecule has 0 saturated carbocycles. The highest BCUT2D eigenvalue weighted by atomic mass is 15.3. The summed E-state index contributed by atoms with van der Waals surface area (Å²) in [7, 11) is 0. The molecule has 1 aliphatic heterocycles. The number of rotatable bonds is 6. The van der Waals surface area contributed by atoms with Crippen LogP contribution in [-0.4, -0.2) is 75.7 Å². The van der Waals surface area contributed by atoms with Crippen molar-refractivity contribution in [3.8, 4) is 0 Å². The first kappa shape index (κ1) is 19.8. The molecular formula is C16H38N6. The van der Waals surface area contributed by atoms with Gasteiger partial charge in [-0.2, -0.15) is 0 Å². The van der Waals surface area contributed by atoms with Crippen molar-refractivity contribution in [2.24, 2.45) is 0 Å². The smallest absolute Gasteiger partial charge is 0.0492 e. The van der Waals surface area contributed by atoms with E-state index in [4.69, 9.17) is 0 Å². The van der Waals surface area contributed by atoms with Crippen LogP contribution in [0, 0.1) is 0 Å². The molecule has 1 saturated heterocycles. The number of unbranched alkanes of at least 4 members (excludes halogenated alkanes) is 2. The van der Waals surface area contributed by atoms with Crippen molar-refractivity contribution < 1.29 is 0 Å². The van der Waals surface area contributed by atoms with Gasteiger partial charge in [0.05, 0.1) is 0 Å². The summed E-state index contributed by atoms with van der Waals surface area (Å²) in [6.07, 6.45) is 5.05. The summed E-state index contributed by atoms with van der Waals surface area (Å²) in [4.78, 5) is 4.92. The summed E-state index contributed by atoms with van der Waals surface area (Å²) in [5.41, 5.74) is 0. The van der Waals surface area contributed by atoms with E-state index in [0.717, 1.165) is 52.9 Å². The van der Waals surface area contributed by atoms with Gasteiger partial charge in [0.2, 0.25) is 0 Å². The average Bonchev–Trinajstić information content (AvgIpc) is 2.54. The number of hydrogen-bond donors (Lipinski definition) is 4. The maximum atomic E-state index is 3.55. The predicted octanol–water partition coefficient (Wildman–Crippen LogP) is 0.393. The molecule has 1 fully saturated rings. The first-order valence-corrected chi connectivity index (χ1v) is 9.14. The summed E-state index contributed by atoms with van der Waals surface area (Å²) in [6.45, 7) is 14.8. The Morgan fingerprint density at radius 1 is 0.591 bits per heavy atom. The molecule has 0 amide bonds. The van der Waals surface area contributed by atoms with Crippen LogP contribution < -0.4 is 21.3 Å². The van der Waals surface area contributed by atoms with Gasteiger partial charge in [0.15, 0.2) is 0 Å². The van der Waals surface area contributed by atoms with E-state index >= 15 is 0 Å². The van der Waals surface area contributed by atoms with E-state index in [1.165, 1.54) is 38.8 Å². The highest BCUT2D eigenvalue weighted by molar-refractivity contribution is 4.62. The molecule has 6 heteroatoms. The van der Waals surface area contributed by atoms with Crippen molar-refractivity contribution in [1.82, 2.24) is 31.1 Å². The van der Waals surface area contributed by atoms with Gasteiger partial charge in [0, 0.05) is 65.9 Å². The van der Waals surface area contributed by atoms with E-state index < -0.39 is 0 Å². The van der Waals surface area contributed by atoms with Crippen LogP contribution in [0.3, 0.4) is 0 Å². The fourth-order valence-corrected chi connectivity index (χ4v) is 2.49. The lowest BCUT2D eigenvalue weighted by Crippen LogP contribution is -2.47. The Morgan fingerprint density at radius 3 is 1.18 bits per heavy atom. The SMILES string of the molecule is CCCCN1CNCCNCN(CCCC)CNCCNC1.